The Hall–Kier alpha value is -2.77. The number of allylic oxidation sites excluding steroid dienone is 2. The first-order chi connectivity index (χ1) is 22.1. The summed E-state index contributed by atoms with van der Waals surface area (Å²) in [5, 5.41) is 20.1. The van der Waals surface area contributed by atoms with Gasteiger partial charge in [-0.05, 0) is 117 Å². The topological polar surface area (TPSA) is 87.1 Å². The van der Waals surface area contributed by atoms with Crippen molar-refractivity contribution in [2.45, 2.75) is 82.7 Å². The molecule has 1 aliphatic rings. The van der Waals surface area contributed by atoms with E-state index in [0.29, 0.717) is 26.2 Å². The Kier molecular flexibility index (Phi) is 14.5. The molecule has 2 aromatic carbocycles. The second-order valence-electron chi connectivity index (χ2n) is 12.1. The molecule has 0 aliphatic heterocycles. The van der Waals surface area contributed by atoms with Gasteiger partial charge in [-0.25, -0.2) is 12.8 Å². The first kappa shape index (κ1) is 38.7. The number of sulfone groups is 1. The van der Waals surface area contributed by atoms with Crippen molar-refractivity contribution in [2.75, 3.05) is 44.9 Å². The minimum absolute atomic E-state index is 0.201. The predicted octanol–water partition coefficient (Wildman–Crippen LogP) is 8.17. The molecule has 0 radical (unpaired) electrons. The molecule has 2 N–H and O–H groups in total. The quantitative estimate of drug-likeness (QED) is 0.114. The SMILES string of the molecule is COCCN(CCCCCCC1=C(c2ccc(F)c(O)c2)CCCc2cc(O)ccc21)CCCS(=O)(=O)CCCC(F)(F)C(F)(F)F. The number of aryl methyl sites for hydroxylation is 1. The molecular formula is C34H45F6NO5S. The molecule has 0 amide bonds. The standard InChI is InChI=1S/C34H45F6NO5S/c1-46-20-19-41(18-8-22-47(44,45)21-7-16-33(36,37)34(38,39)40)17-5-3-2-4-10-30-28(26-12-15-31(35)32(43)24-26)11-6-9-25-23-27(42)13-14-29(25)30/h12-15,23-24,42-43H,2-11,16-22H2,1H3. The number of unbranched alkanes of at least 4 members (excludes halogenated alkanes) is 3. The van der Waals surface area contributed by atoms with Gasteiger partial charge in [-0.3, -0.25) is 0 Å². The second-order valence-corrected chi connectivity index (χ2v) is 14.4. The average Bonchev–Trinajstić information content (AvgIpc) is 3.16. The van der Waals surface area contributed by atoms with Gasteiger partial charge in [-0.1, -0.05) is 25.0 Å². The number of hydrogen-bond acceptors (Lipinski definition) is 6. The van der Waals surface area contributed by atoms with Crippen LogP contribution in [0.1, 0.15) is 80.9 Å². The first-order valence-electron chi connectivity index (χ1n) is 16.0. The molecule has 0 heterocycles. The van der Waals surface area contributed by atoms with Crippen molar-refractivity contribution >= 4 is 21.0 Å². The maximum atomic E-state index is 13.8. The summed E-state index contributed by atoms with van der Waals surface area (Å²) in [6, 6.07) is 9.77. The number of phenolic OH excluding ortho intramolecular Hbond substituents is 2. The lowest BCUT2D eigenvalue weighted by atomic mass is 9.89. The van der Waals surface area contributed by atoms with Gasteiger partial charge in [0.1, 0.15) is 15.6 Å². The largest absolute Gasteiger partial charge is 0.508 e. The maximum absolute atomic E-state index is 13.8. The average molecular weight is 694 g/mol. The highest BCUT2D eigenvalue weighted by Crippen LogP contribution is 2.41. The molecule has 0 spiro atoms. The Balaban J connectivity index is 1.52. The van der Waals surface area contributed by atoms with Gasteiger partial charge >= 0.3 is 12.1 Å². The van der Waals surface area contributed by atoms with Crippen LogP contribution in [0.25, 0.3) is 11.1 Å². The number of hydrogen-bond donors (Lipinski definition) is 2. The number of halogens is 6. The Morgan fingerprint density at radius 2 is 1.55 bits per heavy atom. The number of benzene rings is 2. The van der Waals surface area contributed by atoms with Crippen LogP contribution in [0.3, 0.4) is 0 Å². The van der Waals surface area contributed by atoms with Gasteiger partial charge < -0.3 is 19.8 Å². The second kappa shape index (κ2) is 17.6. The molecule has 13 heteroatoms. The van der Waals surface area contributed by atoms with Crippen molar-refractivity contribution in [1.29, 1.82) is 0 Å². The molecular weight excluding hydrogens is 648 g/mol. The van der Waals surface area contributed by atoms with Crippen LogP contribution in [0.15, 0.2) is 36.4 Å². The summed E-state index contributed by atoms with van der Waals surface area (Å²) in [7, 11) is -2.22. The van der Waals surface area contributed by atoms with Crippen molar-refractivity contribution in [1.82, 2.24) is 4.90 Å². The lowest BCUT2D eigenvalue weighted by Crippen LogP contribution is -2.36. The number of methoxy groups -OCH3 is 1. The fourth-order valence-corrected chi connectivity index (χ4v) is 7.32. The number of aromatic hydroxyl groups is 2. The number of fused-ring (bicyclic) bond motifs is 1. The van der Waals surface area contributed by atoms with Crippen LogP contribution >= 0.6 is 0 Å². The third-order valence-corrected chi connectivity index (χ3v) is 10.3. The molecule has 0 fully saturated rings. The van der Waals surface area contributed by atoms with E-state index in [4.69, 9.17) is 4.74 Å². The van der Waals surface area contributed by atoms with Crippen LogP contribution in [-0.4, -0.2) is 80.5 Å². The van der Waals surface area contributed by atoms with Crippen LogP contribution < -0.4 is 0 Å². The van der Waals surface area contributed by atoms with E-state index >= 15 is 0 Å². The lowest BCUT2D eigenvalue weighted by molar-refractivity contribution is -0.284. The van der Waals surface area contributed by atoms with E-state index in [1.165, 1.54) is 12.1 Å². The smallest absolute Gasteiger partial charge is 0.453 e. The summed E-state index contributed by atoms with van der Waals surface area (Å²) in [4.78, 5) is 2.06. The van der Waals surface area contributed by atoms with Crippen molar-refractivity contribution in [3.05, 3.63) is 58.9 Å². The molecule has 0 atom stereocenters. The summed E-state index contributed by atoms with van der Waals surface area (Å²) < 4.78 is 107. The van der Waals surface area contributed by atoms with Crippen molar-refractivity contribution < 1.29 is 49.7 Å². The monoisotopic (exact) mass is 693 g/mol. The third kappa shape index (κ3) is 12.0. The van der Waals surface area contributed by atoms with Crippen LogP contribution in [0.4, 0.5) is 26.3 Å². The van der Waals surface area contributed by atoms with E-state index in [9.17, 15) is 45.0 Å². The summed E-state index contributed by atoms with van der Waals surface area (Å²) in [6.45, 7) is 2.11. The first-order valence-corrected chi connectivity index (χ1v) is 17.8. The van der Waals surface area contributed by atoms with Gasteiger partial charge in [0.25, 0.3) is 0 Å². The number of ether oxygens (including phenoxy) is 1. The molecule has 0 bridgehead atoms. The predicted molar refractivity (Wildman–Crippen MR) is 171 cm³/mol. The van der Waals surface area contributed by atoms with Gasteiger partial charge in [0.05, 0.1) is 18.1 Å². The van der Waals surface area contributed by atoms with E-state index in [0.717, 1.165) is 79.2 Å². The third-order valence-electron chi connectivity index (χ3n) is 8.50. The Bertz CT molecular complexity index is 1440. The molecule has 0 unspecified atom stereocenters. The highest BCUT2D eigenvalue weighted by atomic mass is 32.2. The zero-order chi connectivity index (χ0) is 34.7. The fraction of sp³-hybridized carbons (Fsp3) is 0.588. The van der Waals surface area contributed by atoms with Crippen LogP contribution in [0.2, 0.25) is 0 Å². The van der Waals surface area contributed by atoms with Gasteiger partial charge in [-0.2, -0.15) is 22.0 Å². The number of rotatable bonds is 19. The molecule has 2 aromatic rings. The Labute approximate surface area is 273 Å². The zero-order valence-electron chi connectivity index (χ0n) is 26.7. The van der Waals surface area contributed by atoms with E-state index in [-0.39, 0.29) is 17.9 Å². The molecule has 0 saturated carbocycles. The van der Waals surface area contributed by atoms with Crippen LogP contribution in [-0.2, 0) is 21.0 Å². The van der Waals surface area contributed by atoms with Gasteiger partial charge in [0, 0.05) is 20.1 Å². The summed E-state index contributed by atoms with van der Waals surface area (Å²) in [6.07, 6.45) is -1.12. The van der Waals surface area contributed by atoms with E-state index in [2.05, 4.69) is 4.90 Å². The summed E-state index contributed by atoms with van der Waals surface area (Å²) in [5.41, 5.74) is 5.05. The minimum atomic E-state index is -5.70. The minimum Gasteiger partial charge on any atom is -0.508 e. The van der Waals surface area contributed by atoms with E-state index < -0.39 is 52.1 Å². The highest BCUT2D eigenvalue weighted by Gasteiger charge is 2.56. The highest BCUT2D eigenvalue weighted by molar-refractivity contribution is 7.91. The molecule has 264 valence electrons. The molecule has 6 nitrogen and oxygen atoms in total. The summed E-state index contributed by atoms with van der Waals surface area (Å²) in [5.74, 6) is -6.80. The number of alkyl halides is 5. The van der Waals surface area contributed by atoms with E-state index in [1.54, 1.807) is 25.3 Å². The van der Waals surface area contributed by atoms with E-state index in [1.807, 2.05) is 6.07 Å². The lowest BCUT2D eigenvalue weighted by Gasteiger charge is -2.22. The van der Waals surface area contributed by atoms with Crippen molar-refractivity contribution in [2.24, 2.45) is 0 Å². The van der Waals surface area contributed by atoms with Crippen molar-refractivity contribution in [3.8, 4) is 11.5 Å². The Morgan fingerprint density at radius 3 is 2.26 bits per heavy atom. The van der Waals surface area contributed by atoms with Gasteiger partial charge in [0.15, 0.2) is 11.6 Å². The molecule has 1 aliphatic carbocycles. The van der Waals surface area contributed by atoms with Gasteiger partial charge in [0.2, 0.25) is 0 Å². The zero-order valence-corrected chi connectivity index (χ0v) is 27.5. The van der Waals surface area contributed by atoms with Crippen LogP contribution in [0.5, 0.6) is 11.5 Å². The molecule has 0 aromatic heterocycles. The fourth-order valence-electron chi connectivity index (χ4n) is 5.97. The molecule has 3 rings (SSSR count). The Morgan fingerprint density at radius 1 is 0.851 bits per heavy atom. The normalized spacial score (nSPS) is 14.5. The number of nitrogens with zero attached hydrogens (tertiary/aromatic N) is 1. The molecule has 0 saturated heterocycles. The van der Waals surface area contributed by atoms with Crippen molar-refractivity contribution in [3.63, 3.8) is 0 Å². The molecule has 47 heavy (non-hydrogen) atoms. The summed E-state index contributed by atoms with van der Waals surface area (Å²) >= 11 is 0. The van der Waals surface area contributed by atoms with Crippen LogP contribution in [0, 0.1) is 5.82 Å². The number of phenols is 2. The maximum Gasteiger partial charge on any atom is 0.453 e. The van der Waals surface area contributed by atoms with Gasteiger partial charge in [-0.15, -0.1) is 0 Å².